The first-order valence-corrected chi connectivity index (χ1v) is 9.78. The van der Waals surface area contributed by atoms with Gasteiger partial charge in [-0.15, -0.1) is 0 Å². The standard InChI is InChI=1S/C18H21ClN2O4S/c1-11(2)20-18(22)15-10-14(7-5-12(15)3)26(23,24)21-16-9-13(19)6-8-17(16)25-4/h5-11,21H,1-4H3,(H,20,22). The maximum atomic E-state index is 12.7. The molecular formula is C18H21ClN2O4S. The Hall–Kier alpha value is -2.25. The molecule has 0 fully saturated rings. The summed E-state index contributed by atoms with van der Waals surface area (Å²) in [7, 11) is -2.50. The van der Waals surface area contributed by atoms with Gasteiger partial charge in [0.15, 0.2) is 0 Å². The molecule has 0 saturated carbocycles. The average Bonchev–Trinajstić information content (AvgIpc) is 2.54. The highest BCUT2D eigenvalue weighted by Crippen LogP contribution is 2.30. The van der Waals surface area contributed by atoms with Gasteiger partial charge in [-0.3, -0.25) is 9.52 Å². The summed E-state index contributed by atoms with van der Waals surface area (Å²) in [5, 5.41) is 3.13. The van der Waals surface area contributed by atoms with Gasteiger partial charge in [0.25, 0.3) is 15.9 Å². The second-order valence-electron chi connectivity index (χ2n) is 6.05. The molecule has 0 atom stereocenters. The molecular weight excluding hydrogens is 376 g/mol. The molecule has 0 spiro atoms. The van der Waals surface area contributed by atoms with Crippen LogP contribution >= 0.6 is 11.6 Å². The van der Waals surface area contributed by atoms with Crippen LogP contribution in [0.15, 0.2) is 41.3 Å². The van der Waals surface area contributed by atoms with E-state index >= 15 is 0 Å². The molecule has 0 radical (unpaired) electrons. The quantitative estimate of drug-likeness (QED) is 0.781. The lowest BCUT2D eigenvalue weighted by Crippen LogP contribution is -2.30. The van der Waals surface area contributed by atoms with Gasteiger partial charge in [-0.1, -0.05) is 17.7 Å². The molecule has 0 saturated heterocycles. The Morgan fingerprint density at radius 3 is 2.46 bits per heavy atom. The molecule has 2 aromatic carbocycles. The molecule has 2 rings (SSSR count). The van der Waals surface area contributed by atoms with E-state index in [1.807, 2.05) is 13.8 Å². The van der Waals surface area contributed by atoms with Gasteiger partial charge in [0.05, 0.1) is 17.7 Å². The molecule has 0 bridgehead atoms. The van der Waals surface area contributed by atoms with Gasteiger partial charge in [0.1, 0.15) is 5.75 Å². The molecule has 0 aromatic heterocycles. The van der Waals surface area contributed by atoms with Crippen molar-refractivity contribution in [3.63, 3.8) is 0 Å². The molecule has 2 aromatic rings. The Bertz CT molecular complexity index is 927. The van der Waals surface area contributed by atoms with Gasteiger partial charge in [-0.2, -0.15) is 0 Å². The molecule has 6 nitrogen and oxygen atoms in total. The number of carbonyl (C=O) groups excluding carboxylic acids is 1. The molecule has 140 valence electrons. The highest BCUT2D eigenvalue weighted by atomic mass is 35.5. The van der Waals surface area contributed by atoms with Crippen LogP contribution in [0.3, 0.4) is 0 Å². The zero-order chi connectivity index (χ0) is 19.5. The first-order valence-electron chi connectivity index (χ1n) is 7.92. The van der Waals surface area contributed by atoms with Crippen LogP contribution < -0.4 is 14.8 Å². The number of hydrogen-bond donors (Lipinski definition) is 2. The van der Waals surface area contributed by atoms with Crippen molar-refractivity contribution < 1.29 is 17.9 Å². The summed E-state index contributed by atoms with van der Waals surface area (Å²) in [5.74, 6) is 0.0118. The van der Waals surface area contributed by atoms with E-state index in [2.05, 4.69) is 10.0 Å². The molecule has 0 aliphatic heterocycles. The smallest absolute Gasteiger partial charge is 0.262 e. The van der Waals surface area contributed by atoms with E-state index in [1.165, 1.54) is 25.3 Å². The monoisotopic (exact) mass is 396 g/mol. The number of aryl methyl sites for hydroxylation is 1. The van der Waals surface area contributed by atoms with Crippen molar-refractivity contribution in [2.45, 2.75) is 31.7 Å². The fourth-order valence-corrected chi connectivity index (χ4v) is 3.58. The average molecular weight is 397 g/mol. The largest absolute Gasteiger partial charge is 0.495 e. The van der Waals surface area contributed by atoms with Gasteiger partial charge in [0, 0.05) is 16.6 Å². The predicted molar refractivity (Wildman–Crippen MR) is 103 cm³/mol. The number of ether oxygens (including phenoxy) is 1. The lowest BCUT2D eigenvalue weighted by atomic mass is 10.1. The third-order valence-electron chi connectivity index (χ3n) is 3.59. The maximum Gasteiger partial charge on any atom is 0.262 e. The summed E-state index contributed by atoms with van der Waals surface area (Å²) >= 11 is 5.94. The summed E-state index contributed by atoms with van der Waals surface area (Å²) in [6, 6.07) is 8.95. The SMILES string of the molecule is COc1ccc(Cl)cc1NS(=O)(=O)c1ccc(C)c(C(=O)NC(C)C)c1. The van der Waals surface area contributed by atoms with Crippen LogP contribution in [-0.4, -0.2) is 27.5 Å². The minimum absolute atomic E-state index is 0.0287. The zero-order valence-corrected chi connectivity index (χ0v) is 16.5. The molecule has 1 amide bonds. The third-order valence-corrected chi connectivity index (χ3v) is 5.19. The number of nitrogens with one attached hydrogen (secondary N) is 2. The maximum absolute atomic E-state index is 12.7. The predicted octanol–water partition coefficient (Wildman–Crippen LogP) is 3.60. The summed E-state index contributed by atoms with van der Waals surface area (Å²) in [6.07, 6.45) is 0. The molecule has 8 heteroatoms. The second kappa shape index (κ2) is 7.97. The van der Waals surface area contributed by atoms with Crippen LogP contribution in [0.25, 0.3) is 0 Å². The summed E-state index contributed by atoms with van der Waals surface area (Å²) < 4.78 is 33.1. The fourth-order valence-electron chi connectivity index (χ4n) is 2.32. The van der Waals surface area contributed by atoms with E-state index in [0.717, 1.165) is 0 Å². The van der Waals surface area contributed by atoms with Crippen molar-refractivity contribution in [2.75, 3.05) is 11.8 Å². The molecule has 0 unspecified atom stereocenters. The van der Waals surface area contributed by atoms with Gasteiger partial charge in [-0.05, 0) is 56.7 Å². The topological polar surface area (TPSA) is 84.5 Å². The van der Waals surface area contributed by atoms with Crippen LogP contribution in [0, 0.1) is 6.92 Å². The van der Waals surface area contributed by atoms with Crippen molar-refractivity contribution in [3.05, 3.63) is 52.5 Å². The van der Waals surface area contributed by atoms with Crippen LogP contribution in [0.2, 0.25) is 5.02 Å². The highest BCUT2D eigenvalue weighted by molar-refractivity contribution is 7.92. The highest BCUT2D eigenvalue weighted by Gasteiger charge is 2.20. The normalized spacial score (nSPS) is 11.3. The first kappa shape index (κ1) is 20.1. The van der Waals surface area contributed by atoms with Crippen molar-refractivity contribution in [1.29, 1.82) is 0 Å². The van der Waals surface area contributed by atoms with Crippen molar-refractivity contribution in [2.24, 2.45) is 0 Å². The number of sulfonamides is 1. The number of methoxy groups -OCH3 is 1. The number of hydrogen-bond acceptors (Lipinski definition) is 4. The van der Waals surface area contributed by atoms with Crippen LogP contribution in [-0.2, 0) is 10.0 Å². The van der Waals surface area contributed by atoms with Crippen LogP contribution in [0.5, 0.6) is 5.75 Å². The molecule has 0 aliphatic carbocycles. The van der Waals surface area contributed by atoms with Crippen molar-refractivity contribution in [3.8, 4) is 5.75 Å². The van der Waals surface area contributed by atoms with Crippen molar-refractivity contribution in [1.82, 2.24) is 5.32 Å². The number of carbonyl (C=O) groups is 1. The zero-order valence-electron chi connectivity index (χ0n) is 15.0. The Morgan fingerprint density at radius 2 is 1.85 bits per heavy atom. The van der Waals surface area contributed by atoms with E-state index in [1.54, 1.807) is 25.1 Å². The van der Waals surface area contributed by atoms with E-state index in [-0.39, 0.29) is 22.5 Å². The van der Waals surface area contributed by atoms with Gasteiger partial charge < -0.3 is 10.1 Å². The number of anilines is 1. The van der Waals surface area contributed by atoms with Gasteiger partial charge >= 0.3 is 0 Å². The van der Waals surface area contributed by atoms with Gasteiger partial charge in [-0.25, -0.2) is 8.42 Å². The van der Waals surface area contributed by atoms with Crippen LogP contribution in [0.1, 0.15) is 29.8 Å². The number of halogens is 1. The number of amides is 1. The van der Waals surface area contributed by atoms with Gasteiger partial charge in [0.2, 0.25) is 0 Å². The number of benzene rings is 2. The fraction of sp³-hybridized carbons (Fsp3) is 0.278. The molecule has 2 N–H and O–H groups in total. The second-order valence-corrected chi connectivity index (χ2v) is 8.17. The Balaban J connectivity index is 2.41. The molecule has 0 aliphatic rings. The van der Waals surface area contributed by atoms with Crippen molar-refractivity contribution >= 4 is 33.2 Å². The third kappa shape index (κ3) is 4.68. The summed E-state index contributed by atoms with van der Waals surface area (Å²) in [5.41, 5.74) is 1.20. The minimum atomic E-state index is -3.93. The first-order chi connectivity index (χ1) is 12.1. The Kier molecular flexibility index (Phi) is 6.15. The lowest BCUT2D eigenvalue weighted by Gasteiger charge is -2.14. The lowest BCUT2D eigenvalue weighted by molar-refractivity contribution is 0.0942. The summed E-state index contributed by atoms with van der Waals surface area (Å²) in [6.45, 7) is 5.42. The molecule has 0 heterocycles. The van der Waals surface area contributed by atoms with E-state index < -0.39 is 10.0 Å². The Morgan fingerprint density at radius 1 is 1.15 bits per heavy atom. The van der Waals surface area contributed by atoms with E-state index in [0.29, 0.717) is 21.9 Å². The minimum Gasteiger partial charge on any atom is -0.495 e. The number of rotatable bonds is 6. The van der Waals surface area contributed by atoms with Crippen LogP contribution in [0.4, 0.5) is 5.69 Å². The van der Waals surface area contributed by atoms with E-state index in [4.69, 9.17) is 16.3 Å². The molecule has 26 heavy (non-hydrogen) atoms. The van der Waals surface area contributed by atoms with E-state index in [9.17, 15) is 13.2 Å². The summed E-state index contributed by atoms with van der Waals surface area (Å²) in [4.78, 5) is 12.3. The Labute approximate surface area is 158 Å².